The molecular weight excluding hydrogens is 350 g/mol. The van der Waals surface area contributed by atoms with E-state index in [-0.39, 0.29) is 17.6 Å². The monoisotopic (exact) mass is 371 g/mol. The molecule has 0 saturated carbocycles. The maximum absolute atomic E-state index is 12.9. The van der Waals surface area contributed by atoms with Gasteiger partial charge >= 0.3 is 0 Å². The Morgan fingerprint density at radius 2 is 2.15 bits per heavy atom. The van der Waals surface area contributed by atoms with Gasteiger partial charge in [-0.05, 0) is 49.6 Å². The molecule has 6 heteroatoms. The fraction of sp³-hybridized carbons (Fsp3) is 0.350. The van der Waals surface area contributed by atoms with Crippen molar-refractivity contribution < 1.29 is 9.59 Å². The van der Waals surface area contributed by atoms with Crippen molar-refractivity contribution in [3.8, 4) is 0 Å². The molecule has 0 bridgehead atoms. The fourth-order valence-corrected chi connectivity index (χ4v) is 3.54. The van der Waals surface area contributed by atoms with E-state index in [4.69, 9.17) is 11.6 Å². The van der Waals surface area contributed by atoms with Crippen molar-refractivity contribution in [2.75, 3.05) is 13.1 Å². The van der Waals surface area contributed by atoms with Gasteiger partial charge in [-0.25, -0.2) is 0 Å². The number of benzene rings is 1. The number of amides is 1. The Bertz CT molecular complexity index is 856. The van der Waals surface area contributed by atoms with Gasteiger partial charge in [0.2, 0.25) is 5.91 Å². The van der Waals surface area contributed by atoms with E-state index in [1.807, 2.05) is 20.2 Å². The molecule has 1 aliphatic rings. The summed E-state index contributed by atoms with van der Waals surface area (Å²) in [4.78, 5) is 27.1. The molecule has 1 aliphatic heterocycles. The number of aromatic nitrogens is 2. The van der Waals surface area contributed by atoms with Crippen LogP contribution >= 0.6 is 11.6 Å². The Labute approximate surface area is 158 Å². The number of Topliss-reactive ketones (excluding diaryl/α,β-unsaturated/α-hetero) is 1. The van der Waals surface area contributed by atoms with Crippen molar-refractivity contribution in [3.05, 3.63) is 58.4 Å². The maximum atomic E-state index is 12.9. The third-order valence-electron chi connectivity index (χ3n) is 4.70. The van der Waals surface area contributed by atoms with Crippen LogP contribution in [0.25, 0.3) is 6.08 Å². The molecule has 5 nitrogen and oxygen atoms in total. The Balaban J connectivity index is 1.67. The molecule has 1 aromatic heterocycles. The van der Waals surface area contributed by atoms with Crippen LogP contribution in [0.4, 0.5) is 0 Å². The van der Waals surface area contributed by atoms with Gasteiger partial charge in [-0.1, -0.05) is 11.6 Å². The largest absolute Gasteiger partial charge is 0.338 e. The molecule has 1 atom stereocenters. The number of carbonyl (C=O) groups is 2. The summed E-state index contributed by atoms with van der Waals surface area (Å²) in [7, 11) is 1.83. The highest BCUT2D eigenvalue weighted by molar-refractivity contribution is 6.30. The first-order chi connectivity index (χ1) is 12.4. The van der Waals surface area contributed by atoms with Gasteiger partial charge in [0.25, 0.3) is 0 Å². The smallest absolute Gasteiger partial charge is 0.246 e. The second-order valence-corrected chi connectivity index (χ2v) is 7.16. The molecule has 0 radical (unpaired) electrons. The number of rotatable bonds is 4. The van der Waals surface area contributed by atoms with Gasteiger partial charge in [-0.15, -0.1) is 0 Å². The summed E-state index contributed by atoms with van der Waals surface area (Å²) < 4.78 is 1.69. The summed E-state index contributed by atoms with van der Waals surface area (Å²) in [6.07, 6.45) is 8.49. The predicted octanol–water partition coefficient (Wildman–Crippen LogP) is 3.52. The number of carbonyl (C=O) groups excluding carboxylic acids is 2. The molecule has 0 unspecified atom stereocenters. The number of nitrogens with zero attached hydrogens (tertiary/aromatic N) is 3. The zero-order valence-electron chi connectivity index (χ0n) is 15.0. The molecule has 0 spiro atoms. The van der Waals surface area contributed by atoms with Crippen LogP contribution < -0.4 is 0 Å². The minimum atomic E-state index is -0.167. The van der Waals surface area contributed by atoms with E-state index in [1.54, 1.807) is 46.1 Å². The fourth-order valence-electron chi connectivity index (χ4n) is 3.31. The standard InChI is InChI=1S/C20H22ClN3O2/c1-14-10-17(21)6-7-18(14)20(26)16-4-3-9-24(13-16)19(25)8-5-15-11-22-23(2)12-15/h5-8,10-12,16H,3-4,9,13H2,1-2H3/b8-5+/t16-/m0/s1. The second kappa shape index (κ2) is 7.87. The van der Waals surface area contributed by atoms with E-state index in [9.17, 15) is 9.59 Å². The van der Waals surface area contributed by atoms with Crippen molar-refractivity contribution >= 4 is 29.4 Å². The number of aryl methyl sites for hydroxylation is 2. The van der Waals surface area contributed by atoms with E-state index in [0.29, 0.717) is 23.7 Å². The summed E-state index contributed by atoms with van der Waals surface area (Å²) in [5.41, 5.74) is 2.45. The third kappa shape index (κ3) is 4.22. The lowest BCUT2D eigenvalue weighted by Gasteiger charge is -2.31. The number of hydrogen-bond acceptors (Lipinski definition) is 3. The maximum Gasteiger partial charge on any atom is 0.246 e. The SMILES string of the molecule is Cc1cc(Cl)ccc1C(=O)[C@H]1CCCN(C(=O)/C=C/c2cnn(C)c2)C1. The van der Waals surface area contributed by atoms with Crippen molar-refractivity contribution in [2.24, 2.45) is 13.0 Å². The van der Waals surface area contributed by atoms with Gasteiger partial charge in [0, 0.05) is 54.5 Å². The predicted molar refractivity (Wildman–Crippen MR) is 102 cm³/mol. The lowest BCUT2D eigenvalue weighted by Crippen LogP contribution is -2.41. The van der Waals surface area contributed by atoms with Crippen LogP contribution in [0, 0.1) is 12.8 Å². The lowest BCUT2D eigenvalue weighted by atomic mass is 9.88. The highest BCUT2D eigenvalue weighted by Crippen LogP contribution is 2.24. The quantitative estimate of drug-likeness (QED) is 0.610. The summed E-state index contributed by atoms with van der Waals surface area (Å²) in [6.45, 7) is 3.03. The van der Waals surface area contributed by atoms with Gasteiger partial charge in [0.05, 0.1) is 6.20 Å². The van der Waals surface area contributed by atoms with Crippen LogP contribution in [0.5, 0.6) is 0 Å². The first-order valence-electron chi connectivity index (χ1n) is 8.70. The van der Waals surface area contributed by atoms with E-state index < -0.39 is 0 Å². The molecule has 1 amide bonds. The molecular formula is C20H22ClN3O2. The summed E-state index contributed by atoms with van der Waals surface area (Å²) in [6, 6.07) is 5.32. The highest BCUT2D eigenvalue weighted by Gasteiger charge is 2.28. The molecule has 26 heavy (non-hydrogen) atoms. The molecule has 136 valence electrons. The molecule has 1 aromatic carbocycles. The Hall–Kier alpha value is -2.40. The number of piperidine rings is 1. The second-order valence-electron chi connectivity index (χ2n) is 6.73. The van der Waals surface area contributed by atoms with Crippen LogP contribution in [-0.4, -0.2) is 39.5 Å². The minimum absolute atomic E-state index is 0.0702. The topological polar surface area (TPSA) is 55.2 Å². The van der Waals surface area contributed by atoms with Crippen molar-refractivity contribution in [1.82, 2.24) is 14.7 Å². The number of likely N-dealkylation sites (tertiary alicyclic amines) is 1. The minimum Gasteiger partial charge on any atom is -0.338 e. The van der Waals surface area contributed by atoms with Gasteiger partial charge in [-0.2, -0.15) is 5.10 Å². The van der Waals surface area contributed by atoms with Crippen molar-refractivity contribution in [1.29, 1.82) is 0 Å². The van der Waals surface area contributed by atoms with E-state index >= 15 is 0 Å². The van der Waals surface area contributed by atoms with Crippen LogP contribution in [0.1, 0.15) is 34.3 Å². The van der Waals surface area contributed by atoms with Crippen molar-refractivity contribution in [3.63, 3.8) is 0 Å². The van der Waals surface area contributed by atoms with E-state index in [0.717, 1.165) is 24.0 Å². The molecule has 3 rings (SSSR count). The molecule has 2 aromatic rings. The van der Waals surface area contributed by atoms with Crippen LogP contribution in [0.15, 0.2) is 36.7 Å². The molecule has 2 heterocycles. The number of hydrogen-bond donors (Lipinski definition) is 0. The Kier molecular flexibility index (Phi) is 5.57. The van der Waals surface area contributed by atoms with Gasteiger partial charge < -0.3 is 4.90 Å². The zero-order valence-corrected chi connectivity index (χ0v) is 15.7. The molecule has 0 aliphatic carbocycles. The zero-order chi connectivity index (χ0) is 18.7. The molecule has 0 N–H and O–H groups in total. The first kappa shape index (κ1) is 18.4. The van der Waals surface area contributed by atoms with Crippen LogP contribution in [-0.2, 0) is 11.8 Å². The normalized spacial score (nSPS) is 17.7. The van der Waals surface area contributed by atoms with Gasteiger partial charge in [-0.3, -0.25) is 14.3 Å². The van der Waals surface area contributed by atoms with Gasteiger partial charge in [0.1, 0.15) is 0 Å². The van der Waals surface area contributed by atoms with Crippen molar-refractivity contribution in [2.45, 2.75) is 19.8 Å². The average Bonchev–Trinajstić information content (AvgIpc) is 3.04. The highest BCUT2D eigenvalue weighted by atomic mass is 35.5. The third-order valence-corrected chi connectivity index (χ3v) is 4.94. The molecule has 1 saturated heterocycles. The summed E-state index contributed by atoms with van der Waals surface area (Å²) in [5, 5.41) is 4.70. The van der Waals surface area contributed by atoms with E-state index in [1.165, 1.54) is 0 Å². The van der Waals surface area contributed by atoms with E-state index in [2.05, 4.69) is 5.10 Å². The number of halogens is 1. The lowest BCUT2D eigenvalue weighted by molar-refractivity contribution is -0.127. The summed E-state index contributed by atoms with van der Waals surface area (Å²) in [5.74, 6) is -0.147. The van der Waals surface area contributed by atoms with Crippen LogP contribution in [0.3, 0.4) is 0 Å². The first-order valence-corrected chi connectivity index (χ1v) is 9.08. The van der Waals surface area contributed by atoms with Crippen LogP contribution in [0.2, 0.25) is 5.02 Å². The number of ketones is 1. The average molecular weight is 372 g/mol. The Morgan fingerprint density at radius 3 is 2.85 bits per heavy atom. The summed E-state index contributed by atoms with van der Waals surface area (Å²) >= 11 is 5.98. The molecule has 1 fully saturated rings. The van der Waals surface area contributed by atoms with Gasteiger partial charge in [0.15, 0.2) is 5.78 Å². The Morgan fingerprint density at radius 1 is 1.35 bits per heavy atom.